The van der Waals surface area contributed by atoms with Gasteiger partial charge in [0.1, 0.15) is 11.5 Å². The van der Waals surface area contributed by atoms with Crippen LogP contribution in [0.5, 0.6) is 11.5 Å². The second kappa shape index (κ2) is 5.32. The summed E-state index contributed by atoms with van der Waals surface area (Å²) in [5, 5.41) is 13.5. The average molecular weight is 276 g/mol. The molecule has 2 saturated heterocycles. The summed E-state index contributed by atoms with van der Waals surface area (Å²) < 4.78 is 5.13. The van der Waals surface area contributed by atoms with Gasteiger partial charge in [0.25, 0.3) is 5.91 Å². The molecule has 0 radical (unpaired) electrons. The fourth-order valence-corrected chi connectivity index (χ4v) is 3.11. The van der Waals surface area contributed by atoms with Crippen molar-refractivity contribution in [2.24, 2.45) is 0 Å². The van der Waals surface area contributed by atoms with Crippen molar-refractivity contribution in [2.75, 3.05) is 20.2 Å². The molecule has 2 unspecified atom stereocenters. The number of hydrogen-bond acceptors (Lipinski definition) is 4. The molecule has 0 spiro atoms. The lowest BCUT2D eigenvalue weighted by Crippen LogP contribution is -2.39. The number of aromatic hydroxyl groups is 1. The number of fused-ring (bicyclic) bond motifs is 2. The molecule has 5 heteroatoms. The fraction of sp³-hybridized carbons (Fsp3) is 0.533. The Morgan fingerprint density at radius 2 is 2.15 bits per heavy atom. The molecular weight excluding hydrogens is 256 g/mol. The zero-order valence-electron chi connectivity index (χ0n) is 11.6. The monoisotopic (exact) mass is 276 g/mol. The van der Waals surface area contributed by atoms with Gasteiger partial charge in [0.05, 0.1) is 12.7 Å². The standard InChI is InChI=1S/C15H20N2O3/c1-20-12-4-5-14(18)13(8-12)15(19)17-7-6-10-2-3-11(9-17)16-10/h4-5,8,10-11,16,18H,2-3,6-7,9H2,1H3. The van der Waals surface area contributed by atoms with Crippen molar-refractivity contribution in [3.63, 3.8) is 0 Å². The van der Waals surface area contributed by atoms with Gasteiger partial charge < -0.3 is 20.1 Å². The number of likely N-dealkylation sites (tertiary alicyclic amines) is 1. The number of benzene rings is 1. The molecule has 2 bridgehead atoms. The SMILES string of the molecule is COc1ccc(O)c(C(=O)N2CCC3CCC(C2)N3)c1. The van der Waals surface area contributed by atoms with E-state index < -0.39 is 0 Å². The first kappa shape index (κ1) is 13.2. The third-order valence-electron chi connectivity index (χ3n) is 4.24. The van der Waals surface area contributed by atoms with Gasteiger partial charge in [-0.1, -0.05) is 0 Å². The highest BCUT2D eigenvalue weighted by Gasteiger charge is 2.32. The van der Waals surface area contributed by atoms with Crippen LogP contribution < -0.4 is 10.1 Å². The molecule has 20 heavy (non-hydrogen) atoms. The van der Waals surface area contributed by atoms with Crippen molar-refractivity contribution in [1.29, 1.82) is 0 Å². The van der Waals surface area contributed by atoms with Crippen LogP contribution in [-0.4, -0.2) is 48.2 Å². The first-order valence-electron chi connectivity index (χ1n) is 7.09. The van der Waals surface area contributed by atoms with Gasteiger partial charge in [-0.3, -0.25) is 4.79 Å². The van der Waals surface area contributed by atoms with Gasteiger partial charge in [0.2, 0.25) is 0 Å². The maximum absolute atomic E-state index is 12.6. The maximum atomic E-state index is 12.6. The summed E-state index contributed by atoms with van der Waals surface area (Å²) in [6.45, 7) is 1.45. The van der Waals surface area contributed by atoms with Crippen molar-refractivity contribution < 1.29 is 14.6 Å². The summed E-state index contributed by atoms with van der Waals surface area (Å²) in [6.07, 6.45) is 3.31. The second-order valence-corrected chi connectivity index (χ2v) is 5.56. The maximum Gasteiger partial charge on any atom is 0.257 e. The van der Waals surface area contributed by atoms with Crippen molar-refractivity contribution in [2.45, 2.75) is 31.3 Å². The third kappa shape index (κ3) is 2.45. The number of phenolic OH excluding ortho intramolecular Hbond substituents is 1. The Morgan fingerprint density at radius 3 is 2.95 bits per heavy atom. The number of nitrogens with one attached hydrogen (secondary N) is 1. The molecule has 2 fully saturated rings. The lowest BCUT2D eigenvalue weighted by Gasteiger charge is -2.24. The Bertz CT molecular complexity index is 518. The number of phenols is 1. The summed E-state index contributed by atoms with van der Waals surface area (Å²) in [4.78, 5) is 14.4. The first-order chi connectivity index (χ1) is 9.67. The molecule has 1 aromatic carbocycles. The molecule has 1 aromatic rings. The number of carbonyl (C=O) groups excluding carboxylic acids is 1. The number of methoxy groups -OCH3 is 1. The highest BCUT2D eigenvalue weighted by molar-refractivity contribution is 5.97. The zero-order valence-corrected chi connectivity index (χ0v) is 11.6. The Kier molecular flexibility index (Phi) is 3.53. The predicted octanol–water partition coefficient (Wildman–Crippen LogP) is 1.37. The van der Waals surface area contributed by atoms with E-state index in [0.717, 1.165) is 19.4 Å². The highest BCUT2D eigenvalue weighted by Crippen LogP contribution is 2.26. The lowest BCUT2D eigenvalue weighted by atomic mass is 10.1. The number of carbonyl (C=O) groups is 1. The normalized spacial score (nSPS) is 25.4. The van der Waals surface area contributed by atoms with Crippen LogP contribution in [0.1, 0.15) is 29.6 Å². The van der Waals surface area contributed by atoms with Crippen molar-refractivity contribution in [3.8, 4) is 11.5 Å². The van der Waals surface area contributed by atoms with Crippen molar-refractivity contribution in [1.82, 2.24) is 10.2 Å². The Balaban J connectivity index is 1.81. The van der Waals surface area contributed by atoms with Crippen LogP contribution >= 0.6 is 0 Å². The number of hydrogen-bond donors (Lipinski definition) is 2. The van der Waals surface area contributed by atoms with Gasteiger partial charge >= 0.3 is 0 Å². The summed E-state index contributed by atoms with van der Waals surface area (Å²) in [7, 11) is 1.55. The third-order valence-corrected chi connectivity index (χ3v) is 4.24. The van der Waals surface area contributed by atoms with Crippen LogP contribution in [0.15, 0.2) is 18.2 Å². The fourth-order valence-electron chi connectivity index (χ4n) is 3.11. The predicted molar refractivity (Wildman–Crippen MR) is 75.1 cm³/mol. The van der Waals surface area contributed by atoms with E-state index in [-0.39, 0.29) is 11.7 Å². The van der Waals surface area contributed by atoms with Crippen LogP contribution in [-0.2, 0) is 0 Å². The Labute approximate surface area is 118 Å². The number of nitrogens with zero attached hydrogens (tertiary/aromatic N) is 1. The average Bonchev–Trinajstić information content (AvgIpc) is 2.78. The van der Waals surface area contributed by atoms with Crippen molar-refractivity contribution >= 4 is 5.91 Å². The minimum Gasteiger partial charge on any atom is -0.507 e. The second-order valence-electron chi connectivity index (χ2n) is 5.56. The zero-order chi connectivity index (χ0) is 14.1. The summed E-state index contributed by atoms with van der Waals surface area (Å²) in [6, 6.07) is 5.69. The molecule has 2 N–H and O–H groups in total. The molecule has 2 atom stereocenters. The van der Waals surface area contributed by atoms with E-state index in [2.05, 4.69) is 5.32 Å². The van der Waals surface area contributed by atoms with Gasteiger partial charge in [-0.15, -0.1) is 0 Å². The van der Waals surface area contributed by atoms with Crippen LogP contribution in [0, 0.1) is 0 Å². The van der Waals surface area contributed by atoms with Crippen LogP contribution in [0.25, 0.3) is 0 Å². The van der Waals surface area contributed by atoms with E-state index in [1.165, 1.54) is 12.5 Å². The minimum absolute atomic E-state index is 0.0122. The molecule has 2 aliphatic heterocycles. The number of amides is 1. The van der Waals surface area contributed by atoms with Gasteiger partial charge in [-0.2, -0.15) is 0 Å². The van der Waals surface area contributed by atoms with Gasteiger partial charge in [-0.05, 0) is 37.5 Å². The number of rotatable bonds is 2. The van der Waals surface area contributed by atoms with Gasteiger partial charge in [0, 0.05) is 25.2 Å². The molecule has 0 aliphatic carbocycles. The van der Waals surface area contributed by atoms with Gasteiger partial charge in [-0.25, -0.2) is 0 Å². The molecule has 2 aliphatic rings. The minimum atomic E-state index is -0.115. The Morgan fingerprint density at radius 1 is 1.35 bits per heavy atom. The van der Waals surface area contributed by atoms with Crippen molar-refractivity contribution in [3.05, 3.63) is 23.8 Å². The topological polar surface area (TPSA) is 61.8 Å². The Hall–Kier alpha value is -1.75. The van der Waals surface area contributed by atoms with E-state index in [1.54, 1.807) is 19.2 Å². The highest BCUT2D eigenvalue weighted by atomic mass is 16.5. The van der Waals surface area contributed by atoms with Gasteiger partial charge in [0.15, 0.2) is 0 Å². The first-order valence-corrected chi connectivity index (χ1v) is 7.09. The van der Waals surface area contributed by atoms with E-state index in [0.29, 0.717) is 29.9 Å². The van der Waals surface area contributed by atoms with Crippen LogP contribution in [0.4, 0.5) is 0 Å². The quantitative estimate of drug-likeness (QED) is 0.856. The smallest absolute Gasteiger partial charge is 0.257 e. The summed E-state index contributed by atoms with van der Waals surface area (Å²) >= 11 is 0. The number of ether oxygens (including phenoxy) is 1. The van der Waals surface area contributed by atoms with E-state index in [1.807, 2.05) is 4.90 Å². The van der Waals surface area contributed by atoms with Crippen LogP contribution in [0.3, 0.4) is 0 Å². The molecule has 5 nitrogen and oxygen atoms in total. The molecule has 108 valence electrons. The molecule has 2 heterocycles. The molecular formula is C15H20N2O3. The van der Waals surface area contributed by atoms with E-state index in [9.17, 15) is 9.90 Å². The summed E-state index contributed by atoms with van der Waals surface area (Å²) in [5.74, 6) is 0.481. The molecule has 3 rings (SSSR count). The summed E-state index contributed by atoms with van der Waals surface area (Å²) in [5.41, 5.74) is 0.321. The molecule has 0 aromatic heterocycles. The molecule has 0 saturated carbocycles. The lowest BCUT2D eigenvalue weighted by molar-refractivity contribution is 0.0744. The van der Waals surface area contributed by atoms with E-state index >= 15 is 0 Å². The van der Waals surface area contributed by atoms with E-state index in [4.69, 9.17) is 4.74 Å². The van der Waals surface area contributed by atoms with Crippen LogP contribution in [0.2, 0.25) is 0 Å². The largest absolute Gasteiger partial charge is 0.507 e. The molecule has 1 amide bonds.